The molecule has 0 amide bonds. The molecule has 2 nitrogen and oxygen atoms in total. The molecule has 1 N–H and O–H groups in total. The van der Waals surface area contributed by atoms with Crippen molar-refractivity contribution in [3.8, 4) is 5.75 Å². The Bertz CT molecular complexity index is 572. The number of aliphatic hydroxyl groups excluding tert-OH is 1. The minimum absolute atomic E-state index is 0.475. The molecule has 0 aromatic heterocycles. The van der Waals surface area contributed by atoms with Crippen LogP contribution >= 0.6 is 27.5 Å². The van der Waals surface area contributed by atoms with Crippen molar-refractivity contribution in [2.45, 2.75) is 12.5 Å². The van der Waals surface area contributed by atoms with E-state index >= 15 is 0 Å². The van der Waals surface area contributed by atoms with Crippen molar-refractivity contribution in [2.24, 2.45) is 0 Å². The lowest BCUT2D eigenvalue weighted by Crippen LogP contribution is -2.04. The summed E-state index contributed by atoms with van der Waals surface area (Å²) in [6.45, 7) is 0. The SMILES string of the molecule is COc1ccccc1CC(O)c1cc(Cl)ccc1Br. The lowest BCUT2D eigenvalue weighted by molar-refractivity contribution is 0.176. The second kappa shape index (κ2) is 6.42. The summed E-state index contributed by atoms with van der Waals surface area (Å²) in [5, 5.41) is 11.0. The van der Waals surface area contributed by atoms with Crippen LogP contribution in [0.4, 0.5) is 0 Å². The van der Waals surface area contributed by atoms with E-state index in [1.165, 1.54) is 0 Å². The number of ether oxygens (including phenoxy) is 1. The molecule has 2 rings (SSSR count). The predicted octanol–water partition coefficient (Wildman–Crippen LogP) is 4.39. The van der Waals surface area contributed by atoms with Gasteiger partial charge in [0.25, 0.3) is 0 Å². The van der Waals surface area contributed by atoms with E-state index in [9.17, 15) is 5.11 Å². The van der Waals surface area contributed by atoms with E-state index in [1.54, 1.807) is 19.2 Å². The molecule has 2 aromatic rings. The summed E-state index contributed by atoms with van der Waals surface area (Å²) in [7, 11) is 1.63. The second-order valence-corrected chi connectivity index (χ2v) is 5.49. The maximum atomic E-state index is 10.4. The maximum absolute atomic E-state index is 10.4. The van der Waals surface area contributed by atoms with Gasteiger partial charge in [-0.05, 0) is 35.4 Å². The molecule has 0 spiro atoms. The molecule has 0 aliphatic heterocycles. The van der Waals surface area contributed by atoms with Gasteiger partial charge < -0.3 is 9.84 Å². The fourth-order valence-corrected chi connectivity index (χ4v) is 2.65. The van der Waals surface area contributed by atoms with E-state index in [4.69, 9.17) is 16.3 Å². The van der Waals surface area contributed by atoms with Crippen molar-refractivity contribution in [3.05, 3.63) is 63.1 Å². The fourth-order valence-electron chi connectivity index (χ4n) is 1.96. The molecule has 2 aromatic carbocycles. The molecular formula is C15H14BrClO2. The third kappa shape index (κ3) is 3.50. The molecular weight excluding hydrogens is 328 g/mol. The smallest absolute Gasteiger partial charge is 0.122 e. The van der Waals surface area contributed by atoms with Crippen LogP contribution in [0.3, 0.4) is 0 Å². The number of para-hydroxylation sites is 1. The quantitative estimate of drug-likeness (QED) is 0.894. The number of halogens is 2. The molecule has 0 saturated carbocycles. The van der Waals surface area contributed by atoms with Crippen molar-refractivity contribution in [2.75, 3.05) is 7.11 Å². The molecule has 0 aliphatic rings. The number of rotatable bonds is 4. The van der Waals surface area contributed by atoms with Crippen molar-refractivity contribution < 1.29 is 9.84 Å². The Morgan fingerprint density at radius 1 is 1.26 bits per heavy atom. The summed E-state index contributed by atoms with van der Waals surface area (Å²) in [4.78, 5) is 0. The van der Waals surface area contributed by atoms with E-state index in [1.807, 2.05) is 30.3 Å². The van der Waals surface area contributed by atoms with E-state index in [2.05, 4.69) is 15.9 Å². The van der Waals surface area contributed by atoms with Gasteiger partial charge in [-0.1, -0.05) is 45.7 Å². The highest BCUT2D eigenvalue weighted by atomic mass is 79.9. The predicted molar refractivity (Wildman–Crippen MR) is 80.8 cm³/mol. The molecule has 0 aliphatic carbocycles. The highest BCUT2D eigenvalue weighted by Gasteiger charge is 2.14. The number of hydrogen-bond donors (Lipinski definition) is 1. The summed E-state index contributed by atoms with van der Waals surface area (Å²) in [6.07, 6.45) is -0.160. The van der Waals surface area contributed by atoms with E-state index in [0.29, 0.717) is 11.4 Å². The van der Waals surface area contributed by atoms with Crippen LogP contribution in [0.25, 0.3) is 0 Å². The van der Waals surface area contributed by atoms with Gasteiger partial charge in [-0.3, -0.25) is 0 Å². The third-order valence-corrected chi connectivity index (χ3v) is 3.88. The molecule has 19 heavy (non-hydrogen) atoms. The zero-order chi connectivity index (χ0) is 13.8. The van der Waals surface area contributed by atoms with Crippen molar-refractivity contribution in [1.29, 1.82) is 0 Å². The average Bonchev–Trinajstić information content (AvgIpc) is 2.42. The fraction of sp³-hybridized carbons (Fsp3) is 0.200. The second-order valence-electron chi connectivity index (χ2n) is 4.20. The number of hydrogen-bond acceptors (Lipinski definition) is 2. The standard InChI is InChI=1S/C15H14BrClO2/c1-19-15-5-3-2-4-10(15)8-14(18)12-9-11(17)6-7-13(12)16/h2-7,9,14,18H,8H2,1H3. The van der Waals surface area contributed by atoms with Gasteiger partial charge in [0, 0.05) is 15.9 Å². The Kier molecular flexibility index (Phi) is 4.86. The van der Waals surface area contributed by atoms with Crippen LogP contribution in [-0.4, -0.2) is 12.2 Å². The average molecular weight is 342 g/mol. The molecule has 0 bridgehead atoms. The molecule has 0 heterocycles. The first-order valence-corrected chi connectivity index (χ1v) is 7.04. The molecule has 0 saturated heterocycles. The molecule has 100 valence electrons. The van der Waals surface area contributed by atoms with Crippen LogP contribution in [0.1, 0.15) is 17.2 Å². The number of benzene rings is 2. The van der Waals surface area contributed by atoms with Crippen LogP contribution in [0.5, 0.6) is 5.75 Å². The van der Waals surface area contributed by atoms with Crippen LogP contribution in [0, 0.1) is 0 Å². The minimum atomic E-state index is -0.635. The van der Waals surface area contributed by atoms with Gasteiger partial charge in [0.15, 0.2) is 0 Å². The molecule has 0 radical (unpaired) electrons. The zero-order valence-corrected chi connectivity index (χ0v) is 12.8. The van der Waals surface area contributed by atoms with E-state index in [-0.39, 0.29) is 0 Å². The van der Waals surface area contributed by atoms with Crippen molar-refractivity contribution >= 4 is 27.5 Å². The highest BCUT2D eigenvalue weighted by Crippen LogP contribution is 2.30. The normalized spacial score (nSPS) is 12.2. The van der Waals surface area contributed by atoms with Gasteiger partial charge >= 0.3 is 0 Å². The number of methoxy groups -OCH3 is 1. The van der Waals surface area contributed by atoms with Gasteiger partial charge in [-0.2, -0.15) is 0 Å². The molecule has 0 fully saturated rings. The first kappa shape index (κ1) is 14.4. The van der Waals surface area contributed by atoms with Gasteiger partial charge in [-0.25, -0.2) is 0 Å². The minimum Gasteiger partial charge on any atom is -0.496 e. The Morgan fingerprint density at radius 2 is 2.00 bits per heavy atom. The summed E-state index contributed by atoms with van der Waals surface area (Å²) in [5.74, 6) is 0.778. The summed E-state index contributed by atoms with van der Waals surface area (Å²) in [5.41, 5.74) is 1.74. The van der Waals surface area contributed by atoms with Gasteiger partial charge in [0.05, 0.1) is 13.2 Å². The topological polar surface area (TPSA) is 29.5 Å². The third-order valence-electron chi connectivity index (χ3n) is 2.92. The van der Waals surface area contributed by atoms with Crippen LogP contribution in [-0.2, 0) is 6.42 Å². The van der Waals surface area contributed by atoms with Crippen molar-refractivity contribution in [1.82, 2.24) is 0 Å². The molecule has 1 atom stereocenters. The Morgan fingerprint density at radius 3 is 2.74 bits per heavy atom. The molecule has 4 heteroatoms. The first-order valence-electron chi connectivity index (χ1n) is 5.86. The lowest BCUT2D eigenvalue weighted by atomic mass is 10.0. The van der Waals surface area contributed by atoms with Crippen molar-refractivity contribution in [3.63, 3.8) is 0 Å². The summed E-state index contributed by atoms with van der Waals surface area (Å²) >= 11 is 9.40. The van der Waals surface area contributed by atoms with Crippen LogP contribution in [0.15, 0.2) is 46.9 Å². The zero-order valence-electron chi connectivity index (χ0n) is 10.4. The monoisotopic (exact) mass is 340 g/mol. The Hall–Kier alpha value is -1.03. The summed E-state index contributed by atoms with van der Waals surface area (Å²) in [6, 6.07) is 13.1. The van der Waals surface area contributed by atoms with Gasteiger partial charge in [0.1, 0.15) is 5.75 Å². The first-order chi connectivity index (χ1) is 9.11. The summed E-state index contributed by atoms with van der Waals surface area (Å²) < 4.78 is 6.13. The van der Waals surface area contributed by atoms with Crippen LogP contribution < -0.4 is 4.74 Å². The Balaban J connectivity index is 2.25. The highest BCUT2D eigenvalue weighted by molar-refractivity contribution is 9.10. The van der Waals surface area contributed by atoms with Crippen LogP contribution in [0.2, 0.25) is 5.02 Å². The largest absolute Gasteiger partial charge is 0.496 e. The molecule has 1 unspecified atom stereocenters. The lowest BCUT2D eigenvalue weighted by Gasteiger charge is -2.15. The Labute approximate surface area is 126 Å². The van der Waals surface area contributed by atoms with E-state index in [0.717, 1.165) is 21.3 Å². The van der Waals surface area contributed by atoms with Gasteiger partial charge in [-0.15, -0.1) is 0 Å². The van der Waals surface area contributed by atoms with Gasteiger partial charge in [0.2, 0.25) is 0 Å². The van der Waals surface area contributed by atoms with E-state index < -0.39 is 6.10 Å². The number of aliphatic hydroxyl groups is 1. The maximum Gasteiger partial charge on any atom is 0.122 e.